The molecule has 0 aliphatic rings. The minimum atomic E-state index is 0.205. The molecule has 0 spiro atoms. The van der Waals surface area contributed by atoms with Gasteiger partial charge in [-0.15, -0.1) is 11.3 Å². The lowest BCUT2D eigenvalue weighted by atomic mass is 10.1. The van der Waals surface area contributed by atoms with Crippen molar-refractivity contribution in [2.24, 2.45) is 0 Å². The maximum atomic E-state index is 4.54. The molecule has 0 aromatic carbocycles. The maximum absolute atomic E-state index is 4.54. The van der Waals surface area contributed by atoms with Crippen LogP contribution in [-0.4, -0.2) is 16.1 Å². The van der Waals surface area contributed by atoms with Gasteiger partial charge >= 0.3 is 0 Å². The molecule has 2 aromatic heterocycles. The summed E-state index contributed by atoms with van der Waals surface area (Å²) in [5.41, 5.74) is 1.31. The van der Waals surface area contributed by atoms with E-state index in [0.29, 0.717) is 0 Å². The van der Waals surface area contributed by atoms with Gasteiger partial charge in [-0.2, -0.15) is 0 Å². The molecule has 2 aromatic rings. The highest BCUT2D eigenvalue weighted by atomic mass is 127. The molecule has 1 atom stereocenters. The van der Waals surface area contributed by atoms with E-state index in [1.54, 1.807) is 11.3 Å². The highest BCUT2D eigenvalue weighted by Crippen LogP contribution is 2.26. The van der Waals surface area contributed by atoms with E-state index in [1.807, 2.05) is 6.20 Å². The molecule has 1 unspecified atom stereocenters. The van der Waals surface area contributed by atoms with E-state index >= 15 is 0 Å². The molecule has 18 heavy (non-hydrogen) atoms. The number of nitrogens with one attached hydrogen (secondary N) is 1. The number of hydrogen-bond acceptors (Lipinski definition) is 3. The van der Waals surface area contributed by atoms with Crippen molar-refractivity contribution in [3.05, 3.63) is 38.1 Å². The second-order valence-electron chi connectivity index (χ2n) is 4.15. The van der Waals surface area contributed by atoms with Crippen LogP contribution >= 0.6 is 33.9 Å². The van der Waals surface area contributed by atoms with Crippen LogP contribution in [0.25, 0.3) is 0 Å². The van der Waals surface area contributed by atoms with Gasteiger partial charge in [0.2, 0.25) is 0 Å². The minimum Gasteiger partial charge on any atom is -0.333 e. The number of hydrogen-bond donors (Lipinski definition) is 1. The molecule has 0 saturated heterocycles. The van der Waals surface area contributed by atoms with Gasteiger partial charge in [0.05, 0.1) is 8.93 Å². The predicted molar refractivity (Wildman–Crippen MR) is 85.1 cm³/mol. The van der Waals surface area contributed by atoms with Crippen molar-refractivity contribution in [3.8, 4) is 0 Å². The van der Waals surface area contributed by atoms with Crippen molar-refractivity contribution in [1.82, 2.24) is 14.9 Å². The third-order valence-corrected chi connectivity index (χ3v) is 4.61. The van der Waals surface area contributed by atoms with Gasteiger partial charge in [0.25, 0.3) is 0 Å². The monoisotopic (exact) mass is 375 g/mol. The summed E-state index contributed by atoms with van der Waals surface area (Å²) in [5, 5.41) is 5.76. The Morgan fingerprint density at radius 3 is 2.94 bits per heavy atom. The normalized spacial score (nSPS) is 12.8. The standard InChI is InChI=1S/C13H18IN3S/c1-3-6-17-7-5-16-13(17)12(15-4-2)10-8-11(14)18-9-10/h5,7-9,12,15H,3-4,6H2,1-2H3. The van der Waals surface area contributed by atoms with E-state index in [0.717, 1.165) is 25.3 Å². The Morgan fingerprint density at radius 2 is 2.33 bits per heavy atom. The number of nitrogens with zero attached hydrogens (tertiary/aromatic N) is 2. The summed E-state index contributed by atoms with van der Waals surface area (Å²) in [6.07, 6.45) is 5.09. The number of aromatic nitrogens is 2. The number of rotatable bonds is 6. The molecule has 0 saturated carbocycles. The SMILES string of the molecule is CCCn1ccnc1C(NCC)c1csc(I)c1. The van der Waals surface area contributed by atoms with Crippen LogP contribution in [0.15, 0.2) is 23.8 Å². The van der Waals surface area contributed by atoms with E-state index < -0.39 is 0 Å². The van der Waals surface area contributed by atoms with Crippen molar-refractivity contribution >= 4 is 33.9 Å². The molecule has 5 heteroatoms. The second kappa shape index (κ2) is 6.68. The fourth-order valence-electron chi connectivity index (χ4n) is 2.05. The van der Waals surface area contributed by atoms with E-state index in [-0.39, 0.29) is 6.04 Å². The topological polar surface area (TPSA) is 29.9 Å². The van der Waals surface area contributed by atoms with Crippen LogP contribution in [0.5, 0.6) is 0 Å². The van der Waals surface area contributed by atoms with Crippen molar-refractivity contribution in [3.63, 3.8) is 0 Å². The zero-order valence-electron chi connectivity index (χ0n) is 10.7. The molecule has 0 aliphatic carbocycles. The summed E-state index contributed by atoms with van der Waals surface area (Å²) in [5.74, 6) is 1.12. The molecule has 3 nitrogen and oxygen atoms in total. The lowest BCUT2D eigenvalue weighted by Gasteiger charge is -2.18. The Balaban J connectivity index is 2.31. The van der Waals surface area contributed by atoms with Crippen LogP contribution in [0.2, 0.25) is 0 Å². The fraction of sp³-hybridized carbons (Fsp3) is 0.462. The summed E-state index contributed by atoms with van der Waals surface area (Å²) in [6.45, 7) is 6.30. The van der Waals surface area contributed by atoms with Crippen LogP contribution in [0.1, 0.15) is 37.7 Å². The molecule has 0 radical (unpaired) electrons. The van der Waals surface area contributed by atoms with Gasteiger partial charge in [-0.3, -0.25) is 0 Å². The first kappa shape index (κ1) is 14.0. The van der Waals surface area contributed by atoms with E-state index in [4.69, 9.17) is 0 Å². The Kier molecular flexibility index (Phi) is 5.20. The molecular weight excluding hydrogens is 357 g/mol. The first-order valence-electron chi connectivity index (χ1n) is 6.24. The van der Waals surface area contributed by atoms with Crippen molar-refractivity contribution in [2.45, 2.75) is 32.9 Å². The second-order valence-corrected chi connectivity index (χ2v) is 6.96. The number of aryl methyl sites for hydroxylation is 1. The van der Waals surface area contributed by atoms with Gasteiger partial charge in [0, 0.05) is 18.9 Å². The molecule has 0 aliphatic heterocycles. The molecule has 2 rings (SSSR count). The molecular formula is C13H18IN3S. The van der Waals surface area contributed by atoms with Crippen molar-refractivity contribution in [2.75, 3.05) is 6.54 Å². The van der Waals surface area contributed by atoms with Crippen LogP contribution in [0, 0.1) is 2.88 Å². The van der Waals surface area contributed by atoms with Gasteiger partial charge < -0.3 is 9.88 Å². The highest BCUT2D eigenvalue weighted by molar-refractivity contribution is 14.1. The van der Waals surface area contributed by atoms with Gasteiger partial charge in [-0.25, -0.2) is 4.98 Å². The lowest BCUT2D eigenvalue weighted by molar-refractivity contribution is 0.545. The van der Waals surface area contributed by atoms with Crippen molar-refractivity contribution < 1.29 is 0 Å². The van der Waals surface area contributed by atoms with Crippen LogP contribution in [-0.2, 0) is 6.54 Å². The summed E-state index contributed by atoms with van der Waals surface area (Å²) in [6, 6.07) is 2.44. The van der Waals surface area contributed by atoms with Gasteiger partial charge in [0.15, 0.2) is 0 Å². The minimum absolute atomic E-state index is 0.205. The van der Waals surface area contributed by atoms with E-state index in [2.05, 4.69) is 68.9 Å². The number of thiophene rings is 1. The molecule has 0 amide bonds. The summed E-state index contributed by atoms with van der Waals surface area (Å²) < 4.78 is 3.57. The van der Waals surface area contributed by atoms with Crippen molar-refractivity contribution in [1.29, 1.82) is 0 Å². The van der Waals surface area contributed by atoms with E-state index in [1.165, 1.54) is 8.45 Å². The van der Waals surface area contributed by atoms with Gasteiger partial charge in [0.1, 0.15) is 5.82 Å². The zero-order chi connectivity index (χ0) is 13.0. The molecule has 98 valence electrons. The first-order chi connectivity index (χ1) is 8.76. The number of imidazole rings is 1. The fourth-order valence-corrected chi connectivity index (χ4v) is 3.45. The predicted octanol–water partition coefficient (Wildman–Crippen LogP) is 3.66. The lowest BCUT2D eigenvalue weighted by Crippen LogP contribution is -2.25. The largest absolute Gasteiger partial charge is 0.333 e. The molecule has 0 fully saturated rings. The Bertz CT molecular complexity index is 492. The highest BCUT2D eigenvalue weighted by Gasteiger charge is 2.19. The molecule has 0 bridgehead atoms. The summed E-state index contributed by atoms with van der Waals surface area (Å²) in [4.78, 5) is 4.54. The third-order valence-electron chi connectivity index (χ3n) is 2.80. The Morgan fingerprint density at radius 1 is 1.50 bits per heavy atom. The number of halogens is 1. The third kappa shape index (κ3) is 3.13. The van der Waals surface area contributed by atoms with Crippen LogP contribution in [0.4, 0.5) is 0 Å². The first-order valence-corrected chi connectivity index (χ1v) is 8.20. The Labute approximate surface area is 126 Å². The van der Waals surface area contributed by atoms with Crippen LogP contribution in [0.3, 0.4) is 0 Å². The van der Waals surface area contributed by atoms with Gasteiger partial charge in [-0.05, 0) is 52.6 Å². The summed E-state index contributed by atoms with van der Waals surface area (Å²) in [7, 11) is 0. The maximum Gasteiger partial charge on any atom is 0.130 e. The molecule has 1 N–H and O–H groups in total. The van der Waals surface area contributed by atoms with Crippen LogP contribution < -0.4 is 5.32 Å². The van der Waals surface area contributed by atoms with Gasteiger partial charge in [-0.1, -0.05) is 13.8 Å². The summed E-state index contributed by atoms with van der Waals surface area (Å²) >= 11 is 4.15. The average Bonchev–Trinajstić information content (AvgIpc) is 2.96. The smallest absolute Gasteiger partial charge is 0.130 e. The molecule has 2 heterocycles. The van der Waals surface area contributed by atoms with E-state index in [9.17, 15) is 0 Å². The average molecular weight is 375 g/mol. The quantitative estimate of drug-likeness (QED) is 0.781. The zero-order valence-corrected chi connectivity index (χ0v) is 13.7. The Hall–Kier alpha value is -0.400.